The van der Waals surface area contributed by atoms with Crippen LogP contribution in [0.5, 0.6) is 0 Å². The molecule has 1 heterocycles. The summed E-state index contributed by atoms with van der Waals surface area (Å²) in [4.78, 5) is 0. The first-order valence-corrected chi connectivity index (χ1v) is 5.59. The van der Waals surface area contributed by atoms with Gasteiger partial charge in [0.05, 0.1) is 15.6 Å². The van der Waals surface area contributed by atoms with Crippen molar-refractivity contribution < 1.29 is 4.52 Å². The molecule has 0 bridgehead atoms. The van der Waals surface area contributed by atoms with Gasteiger partial charge in [0, 0.05) is 5.56 Å². The second-order valence-corrected chi connectivity index (χ2v) is 4.14. The third-order valence-electron chi connectivity index (χ3n) is 2.36. The van der Waals surface area contributed by atoms with Crippen molar-refractivity contribution in [2.24, 2.45) is 0 Å². The number of aromatic nitrogens is 1. The summed E-state index contributed by atoms with van der Waals surface area (Å²) >= 11 is 12.2. The second-order valence-electron chi connectivity index (χ2n) is 3.33. The average Bonchev–Trinajstić information content (AvgIpc) is 2.59. The molecule has 0 aliphatic rings. The number of benzene rings is 1. The minimum absolute atomic E-state index is 0.383. The fourth-order valence-corrected chi connectivity index (χ4v) is 2.14. The van der Waals surface area contributed by atoms with E-state index in [1.807, 2.05) is 6.92 Å². The fourth-order valence-electron chi connectivity index (χ4n) is 1.57. The second kappa shape index (κ2) is 4.36. The predicted octanol–water partition coefficient (Wildman–Crippen LogP) is 3.79. The SMILES string of the molecule is CCc1c(N)noc1-c1c(Cl)cccc1Cl. The van der Waals surface area contributed by atoms with E-state index in [1.54, 1.807) is 18.2 Å². The lowest BCUT2D eigenvalue weighted by molar-refractivity contribution is 0.435. The van der Waals surface area contributed by atoms with Crippen LogP contribution < -0.4 is 5.73 Å². The van der Waals surface area contributed by atoms with Crippen LogP contribution in [0.15, 0.2) is 22.7 Å². The Kier molecular flexibility index (Phi) is 3.08. The number of nitrogens with two attached hydrogens (primary N) is 1. The lowest BCUT2D eigenvalue weighted by Gasteiger charge is -2.04. The molecule has 5 heteroatoms. The van der Waals surface area contributed by atoms with E-state index in [9.17, 15) is 0 Å². The van der Waals surface area contributed by atoms with Gasteiger partial charge in [0.15, 0.2) is 11.6 Å². The molecule has 1 aromatic heterocycles. The predicted molar refractivity (Wildman–Crippen MR) is 65.7 cm³/mol. The van der Waals surface area contributed by atoms with Gasteiger partial charge in [-0.05, 0) is 18.6 Å². The van der Waals surface area contributed by atoms with Crippen LogP contribution >= 0.6 is 23.2 Å². The van der Waals surface area contributed by atoms with Gasteiger partial charge in [-0.3, -0.25) is 0 Å². The molecule has 0 aliphatic heterocycles. The Morgan fingerprint density at radius 1 is 1.31 bits per heavy atom. The van der Waals surface area contributed by atoms with Crippen molar-refractivity contribution in [2.45, 2.75) is 13.3 Å². The molecule has 1 aromatic carbocycles. The Balaban J connectivity index is 2.67. The highest BCUT2D eigenvalue weighted by Gasteiger charge is 2.18. The van der Waals surface area contributed by atoms with E-state index in [0.717, 1.165) is 5.56 Å². The third kappa shape index (κ3) is 1.77. The molecule has 0 saturated carbocycles. The molecular formula is C11H10Cl2N2O. The van der Waals surface area contributed by atoms with Crippen molar-refractivity contribution in [3.63, 3.8) is 0 Å². The van der Waals surface area contributed by atoms with E-state index < -0.39 is 0 Å². The normalized spacial score (nSPS) is 10.7. The highest BCUT2D eigenvalue weighted by atomic mass is 35.5. The molecule has 84 valence electrons. The molecule has 16 heavy (non-hydrogen) atoms. The number of anilines is 1. The van der Waals surface area contributed by atoms with Crippen molar-refractivity contribution in [1.82, 2.24) is 5.16 Å². The summed E-state index contributed by atoms with van der Waals surface area (Å²) in [5.74, 6) is 0.934. The van der Waals surface area contributed by atoms with Crippen LogP contribution in [0.3, 0.4) is 0 Å². The first-order valence-electron chi connectivity index (χ1n) is 4.83. The maximum Gasteiger partial charge on any atom is 0.175 e. The first kappa shape index (κ1) is 11.3. The lowest BCUT2D eigenvalue weighted by atomic mass is 10.1. The van der Waals surface area contributed by atoms with Gasteiger partial charge >= 0.3 is 0 Å². The fraction of sp³-hybridized carbons (Fsp3) is 0.182. The molecule has 3 nitrogen and oxygen atoms in total. The molecule has 0 aliphatic carbocycles. The van der Waals surface area contributed by atoms with Crippen molar-refractivity contribution in [1.29, 1.82) is 0 Å². The standard InChI is InChI=1S/C11H10Cl2N2O/c1-2-6-10(16-15-11(6)14)9-7(12)4-3-5-8(9)13/h3-5H,2H2,1H3,(H2,14,15). The zero-order valence-corrected chi connectivity index (χ0v) is 10.1. The van der Waals surface area contributed by atoms with Gasteiger partial charge in [-0.2, -0.15) is 0 Å². The molecule has 0 amide bonds. The summed E-state index contributed by atoms with van der Waals surface area (Å²) in [7, 11) is 0. The summed E-state index contributed by atoms with van der Waals surface area (Å²) in [6.07, 6.45) is 0.715. The average molecular weight is 257 g/mol. The molecule has 0 unspecified atom stereocenters. The molecule has 2 rings (SSSR count). The zero-order valence-electron chi connectivity index (χ0n) is 8.63. The number of nitrogen functional groups attached to an aromatic ring is 1. The van der Waals surface area contributed by atoms with Crippen molar-refractivity contribution in [3.05, 3.63) is 33.8 Å². The molecule has 0 atom stereocenters. The Labute approximate surface area is 103 Å². The molecule has 0 radical (unpaired) electrons. The topological polar surface area (TPSA) is 52.0 Å². The summed E-state index contributed by atoms with van der Waals surface area (Å²) in [6.45, 7) is 1.97. The van der Waals surface area contributed by atoms with Crippen molar-refractivity contribution in [3.8, 4) is 11.3 Å². The van der Waals surface area contributed by atoms with Crippen LogP contribution in [0, 0.1) is 0 Å². The molecule has 0 fully saturated rings. The highest BCUT2D eigenvalue weighted by molar-refractivity contribution is 6.39. The molecule has 0 saturated heterocycles. The number of rotatable bonds is 2. The van der Waals surface area contributed by atoms with E-state index >= 15 is 0 Å². The van der Waals surface area contributed by atoms with E-state index in [2.05, 4.69) is 5.16 Å². The number of halogens is 2. The van der Waals surface area contributed by atoms with Gasteiger partial charge in [0.2, 0.25) is 0 Å². The van der Waals surface area contributed by atoms with E-state index in [0.29, 0.717) is 33.6 Å². The van der Waals surface area contributed by atoms with Gasteiger partial charge in [-0.1, -0.05) is 41.3 Å². The van der Waals surface area contributed by atoms with Crippen LogP contribution in [0.25, 0.3) is 11.3 Å². The van der Waals surface area contributed by atoms with Crippen LogP contribution in [0.2, 0.25) is 10.0 Å². The number of hydrogen-bond donors (Lipinski definition) is 1. The van der Waals surface area contributed by atoms with Crippen LogP contribution in [-0.4, -0.2) is 5.16 Å². The summed E-state index contributed by atoms with van der Waals surface area (Å²) in [5.41, 5.74) is 7.17. The van der Waals surface area contributed by atoms with Gasteiger partial charge in [0.25, 0.3) is 0 Å². The van der Waals surface area contributed by atoms with Gasteiger partial charge < -0.3 is 10.3 Å². The Morgan fingerprint density at radius 3 is 2.50 bits per heavy atom. The molecule has 0 spiro atoms. The number of nitrogens with zero attached hydrogens (tertiary/aromatic N) is 1. The smallest absolute Gasteiger partial charge is 0.175 e. The molecule has 2 N–H and O–H groups in total. The maximum atomic E-state index is 6.09. The van der Waals surface area contributed by atoms with Crippen molar-refractivity contribution in [2.75, 3.05) is 5.73 Å². The quantitative estimate of drug-likeness (QED) is 0.890. The number of hydrogen-bond acceptors (Lipinski definition) is 3. The minimum Gasteiger partial charge on any atom is -0.381 e. The van der Waals surface area contributed by atoms with E-state index in [-0.39, 0.29) is 0 Å². The lowest BCUT2D eigenvalue weighted by Crippen LogP contribution is -1.91. The first-order chi connectivity index (χ1) is 7.65. The zero-order chi connectivity index (χ0) is 11.7. The molecule has 2 aromatic rings. The minimum atomic E-state index is 0.383. The van der Waals surface area contributed by atoms with Crippen LogP contribution in [-0.2, 0) is 6.42 Å². The Morgan fingerprint density at radius 2 is 1.94 bits per heavy atom. The van der Waals surface area contributed by atoms with Crippen molar-refractivity contribution >= 4 is 29.0 Å². The summed E-state index contributed by atoms with van der Waals surface area (Å²) < 4.78 is 5.19. The Hall–Kier alpha value is -1.19. The third-order valence-corrected chi connectivity index (χ3v) is 2.99. The Bertz CT molecular complexity index is 502. The highest BCUT2D eigenvalue weighted by Crippen LogP contribution is 2.38. The summed E-state index contributed by atoms with van der Waals surface area (Å²) in [6, 6.07) is 5.28. The monoisotopic (exact) mass is 256 g/mol. The van der Waals surface area contributed by atoms with Crippen LogP contribution in [0.1, 0.15) is 12.5 Å². The largest absolute Gasteiger partial charge is 0.381 e. The van der Waals surface area contributed by atoms with Gasteiger partial charge in [0.1, 0.15) is 0 Å². The molecular weight excluding hydrogens is 247 g/mol. The van der Waals surface area contributed by atoms with E-state index in [1.165, 1.54) is 0 Å². The summed E-state index contributed by atoms with van der Waals surface area (Å²) in [5, 5.41) is 4.78. The maximum absolute atomic E-state index is 6.09. The van der Waals surface area contributed by atoms with Gasteiger partial charge in [-0.25, -0.2) is 0 Å². The van der Waals surface area contributed by atoms with Crippen LogP contribution in [0.4, 0.5) is 5.82 Å². The van der Waals surface area contributed by atoms with E-state index in [4.69, 9.17) is 33.5 Å². The van der Waals surface area contributed by atoms with Gasteiger partial charge in [-0.15, -0.1) is 0 Å².